The molecule has 33 heavy (non-hydrogen) atoms. The van der Waals surface area contributed by atoms with Crippen molar-refractivity contribution in [2.24, 2.45) is 0 Å². The zero-order valence-corrected chi connectivity index (χ0v) is 20.2. The number of ether oxygens (including phenoxy) is 3. The van der Waals surface area contributed by atoms with Crippen molar-refractivity contribution in [2.45, 2.75) is 43.5 Å². The first-order valence-electron chi connectivity index (χ1n) is 11.3. The molecular formula is C27H27BrO5. The van der Waals surface area contributed by atoms with Gasteiger partial charge in [0.1, 0.15) is 17.2 Å². The van der Waals surface area contributed by atoms with E-state index in [4.69, 9.17) is 14.2 Å². The third-order valence-electron chi connectivity index (χ3n) is 6.78. The van der Waals surface area contributed by atoms with Gasteiger partial charge in [-0.15, -0.1) is 0 Å². The van der Waals surface area contributed by atoms with Gasteiger partial charge in [0, 0.05) is 22.5 Å². The average Bonchev–Trinajstić information content (AvgIpc) is 3.21. The molecule has 4 atom stereocenters. The number of fused-ring (bicyclic) bond motifs is 3. The predicted octanol–water partition coefficient (Wildman–Crippen LogP) is 5.27. The van der Waals surface area contributed by atoms with E-state index in [0.29, 0.717) is 42.4 Å². The summed E-state index contributed by atoms with van der Waals surface area (Å²) >= 11 is 3.51. The topological polar surface area (TPSA) is 68.2 Å². The number of benzene rings is 3. The van der Waals surface area contributed by atoms with E-state index in [2.05, 4.69) is 15.9 Å². The van der Waals surface area contributed by atoms with Crippen LogP contribution in [0.5, 0.6) is 17.2 Å². The minimum Gasteiger partial charge on any atom is -0.494 e. The summed E-state index contributed by atoms with van der Waals surface area (Å²) in [7, 11) is 0. The fraction of sp³-hybridized carbons (Fsp3) is 0.333. The van der Waals surface area contributed by atoms with Crippen molar-refractivity contribution >= 4 is 15.9 Å². The number of halogens is 1. The molecule has 6 heteroatoms. The Hall–Kier alpha value is -2.54. The van der Waals surface area contributed by atoms with Gasteiger partial charge in [-0.3, -0.25) is 0 Å². The van der Waals surface area contributed by atoms with Gasteiger partial charge in [-0.05, 0) is 43.5 Å². The van der Waals surface area contributed by atoms with E-state index in [1.807, 2.05) is 68.4 Å². The van der Waals surface area contributed by atoms with Gasteiger partial charge in [-0.1, -0.05) is 58.4 Å². The highest BCUT2D eigenvalue weighted by atomic mass is 79.9. The lowest BCUT2D eigenvalue weighted by atomic mass is 9.71. The van der Waals surface area contributed by atoms with Crippen molar-refractivity contribution < 1.29 is 24.4 Å². The SMILES string of the molecule is CCOc1cc(OCC)c2c(c1)O[C@@]1(c3ccc(Br)cc3)[C@H](c3ccccc3)C[C@H](O)[C@@]21O. The van der Waals surface area contributed by atoms with Crippen LogP contribution in [0.25, 0.3) is 0 Å². The third-order valence-corrected chi connectivity index (χ3v) is 7.30. The van der Waals surface area contributed by atoms with E-state index in [1.165, 1.54) is 0 Å². The zero-order valence-electron chi connectivity index (χ0n) is 18.6. The maximum Gasteiger partial charge on any atom is 0.176 e. The van der Waals surface area contributed by atoms with E-state index in [0.717, 1.165) is 15.6 Å². The average molecular weight is 511 g/mol. The summed E-state index contributed by atoms with van der Waals surface area (Å²) in [5, 5.41) is 23.9. The standard InChI is InChI=1S/C27H27BrO5/c1-3-31-20-14-22(32-4-2)25-23(15-20)33-27(18-10-12-19(28)13-11-18)21(16-24(29)26(25,27)30)17-8-6-5-7-9-17/h5-15,21,24,29-30H,3-4,16H2,1-2H3/t21-,24-,26+,27-/m0/s1. The normalized spacial score (nSPS) is 27.5. The summed E-state index contributed by atoms with van der Waals surface area (Å²) in [6.45, 7) is 4.69. The number of aliphatic hydroxyl groups excluding tert-OH is 1. The van der Waals surface area contributed by atoms with Crippen LogP contribution in [0.2, 0.25) is 0 Å². The molecule has 0 saturated heterocycles. The number of hydrogen-bond donors (Lipinski definition) is 2. The Morgan fingerprint density at radius 2 is 1.70 bits per heavy atom. The molecule has 1 aliphatic carbocycles. The lowest BCUT2D eigenvalue weighted by Gasteiger charge is -2.40. The van der Waals surface area contributed by atoms with Crippen LogP contribution in [0.15, 0.2) is 71.2 Å². The molecule has 1 heterocycles. The van der Waals surface area contributed by atoms with Gasteiger partial charge < -0.3 is 24.4 Å². The highest BCUT2D eigenvalue weighted by Gasteiger charge is 2.73. The maximum atomic E-state index is 12.5. The molecule has 0 aromatic heterocycles. The summed E-state index contributed by atoms with van der Waals surface area (Å²) in [4.78, 5) is 0. The highest BCUT2D eigenvalue weighted by molar-refractivity contribution is 9.10. The second kappa shape index (κ2) is 8.35. The molecule has 1 aliphatic heterocycles. The first-order valence-corrected chi connectivity index (χ1v) is 12.1. The van der Waals surface area contributed by atoms with E-state index >= 15 is 0 Å². The Labute approximate surface area is 202 Å². The van der Waals surface area contributed by atoms with Crippen molar-refractivity contribution in [1.82, 2.24) is 0 Å². The second-order valence-electron chi connectivity index (χ2n) is 8.49. The quantitative estimate of drug-likeness (QED) is 0.472. The van der Waals surface area contributed by atoms with Crippen molar-refractivity contribution in [3.05, 3.63) is 87.9 Å². The summed E-state index contributed by atoms with van der Waals surface area (Å²) in [6.07, 6.45) is -0.723. The Morgan fingerprint density at radius 3 is 2.36 bits per heavy atom. The first-order chi connectivity index (χ1) is 16.0. The largest absolute Gasteiger partial charge is 0.494 e. The van der Waals surface area contributed by atoms with Crippen LogP contribution in [0.3, 0.4) is 0 Å². The monoisotopic (exact) mass is 510 g/mol. The Balaban J connectivity index is 1.79. The van der Waals surface area contributed by atoms with Crippen LogP contribution in [0.4, 0.5) is 0 Å². The number of rotatable bonds is 6. The highest BCUT2D eigenvalue weighted by Crippen LogP contribution is 2.68. The summed E-state index contributed by atoms with van der Waals surface area (Å²) in [5.74, 6) is 1.24. The van der Waals surface area contributed by atoms with Crippen molar-refractivity contribution in [2.75, 3.05) is 13.2 Å². The van der Waals surface area contributed by atoms with Crippen LogP contribution in [-0.2, 0) is 11.2 Å². The van der Waals surface area contributed by atoms with Gasteiger partial charge in [0.25, 0.3) is 0 Å². The molecule has 0 radical (unpaired) electrons. The summed E-state index contributed by atoms with van der Waals surface area (Å²) in [5.41, 5.74) is -0.706. The molecule has 5 rings (SSSR count). The third kappa shape index (κ3) is 3.19. The molecule has 0 unspecified atom stereocenters. The summed E-state index contributed by atoms with van der Waals surface area (Å²) < 4.78 is 19.4. The molecule has 1 fully saturated rings. The van der Waals surface area contributed by atoms with E-state index in [-0.39, 0.29) is 5.92 Å². The molecule has 5 nitrogen and oxygen atoms in total. The van der Waals surface area contributed by atoms with Crippen LogP contribution < -0.4 is 14.2 Å². The maximum absolute atomic E-state index is 12.5. The molecule has 3 aromatic rings. The lowest BCUT2D eigenvalue weighted by molar-refractivity contribution is -0.150. The molecule has 2 N–H and O–H groups in total. The van der Waals surface area contributed by atoms with Gasteiger partial charge >= 0.3 is 0 Å². The molecule has 0 spiro atoms. The van der Waals surface area contributed by atoms with Gasteiger partial charge in [0.15, 0.2) is 11.2 Å². The fourth-order valence-electron chi connectivity index (χ4n) is 5.52. The van der Waals surface area contributed by atoms with Gasteiger partial charge in [0.05, 0.1) is 24.9 Å². The number of hydrogen-bond acceptors (Lipinski definition) is 5. The summed E-state index contributed by atoms with van der Waals surface area (Å²) in [6, 6.07) is 21.2. The van der Waals surface area contributed by atoms with Gasteiger partial charge in [-0.25, -0.2) is 0 Å². The van der Waals surface area contributed by atoms with Crippen molar-refractivity contribution in [3.63, 3.8) is 0 Å². The predicted molar refractivity (Wildman–Crippen MR) is 129 cm³/mol. The van der Waals surface area contributed by atoms with E-state index in [9.17, 15) is 10.2 Å². The van der Waals surface area contributed by atoms with E-state index < -0.39 is 17.3 Å². The van der Waals surface area contributed by atoms with Crippen molar-refractivity contribution in [1.29, 1.82) is 0 Å². The van der Waals surface area contributed by atoms with Gasteiger partial charge in [0.2, 0.25) is 0 Å². The molecule has 3 aromatic carbocycles. The lowest BCUT2D eigenvalue weighted by Crippen LogP contribution is -2.52. The molecule has 1 saturated carbocycles. The smallest absolute Gasteiger partial charge is 0.176 e. The van der Waals surface area contributed by atoms with Crippen molar-refractivity contribution in [3.8, 4) is 17.2 Å². The molecule has 2 aliphatic rings. The number of aliphatic hydroxyl groups is 2. The second-order valence-corrected chi connectivity index (χ2v) is 9.40. The Morgan fingerprint density at radius 1 is 1.00 bits per heavy atom. The minimum absolute atomic E-state index is 0.294. The van der Waals surface area contributed by atoms with Crippen LogP contribution in [0.1, 0.15) is 42.9 Å². The molecule has 0 bridgehead atoms. The molecular weight excluding hydrogens is 484 g/mol. The molecule has 172 valence electrons. The fourth-order valence-corrected chi connectivity index (χ4v) is 5.79. The Kier molecular flexibility index (Phi) is 5.63. The first kappa shape index (κ1) is 22.3. The minimum atomic E-state index is -1.72. The van der Waals surface area contributed by atoms with E-state index in [1.54, 1.807) is 12.1 Å². The van der Waals surface area contributed by atoms with Gasteiger partial charge in [-0.2, -0.15) is 0 Å². The Bertz CT molecular complexity index is 1150. The molecule has 0 amide bonds. The zero-order chi connectivity index (χ0) is 23.2. The van der Waals surface area contributed by atoms with Crippen LogP contribution >= 0.6 is 15.9 Å². The van der Waals surface area contributed by atoms with Crippen LogP contribution in [-0.4, -0.2) is 29.5 Å². The van der Waals surface area contributed by atoms with Crippen LogP contribution in [0, 0.1) is 0 Å².